The number of hydrogen-bond donors (Lipinski definition) is 2. The Morgan fingerprint density at radius 1 is 1.39 bits per heavy atom. The molecule has 0 aromatic carbocycles. The van der Waals surface area contributed by atoms with Gasteiger partial charge < -0.3 is 15.4 Å². The fraction of sp³-hybridized carbons (Fsp3) is 0.562. The van der Waals surface area contributed by atoms with Crippen molar-refractivity contribution in [3.63, 3.8) is 0 Å². The minimum atomic E-state index is -0.749. The Morgan fingerprint density at radius 2 is 2.09 bits per heavy atom. The molecule has 0 spiro atoms. The van der Waals surface area contributed by atoms with Gasteiger partial charge in [0.15, 0.2) is 0 Å². The molecule has 0 saturated heterocycles. The van der Waals surface area contributed by atoms with Gasteiger partial charge in [0.25, 0.3) is 0 Å². The molecular weight excluding hydrogens is 314 g/mol. The Hall–Kier alpha value is -1.91. The van der Waals surface area contributed by atoms with E-state index in [2.05, 4.69) is 16.7 Å². The van der Waals surface area contributed by atoms with Gasteiger partial charge in [0.2, 0.25) is 0 Å². The molecule has 0 aliphatic carbocycles. The highest BCUT2D eigenvalue weighted by Gasteiger charge is 2.32. The Labute approximate surface area is 139 Å². The second-order valence-electron chi connectivity index (χ2n) is 6.60. The van der Waals surface area contributed by atoms with Gasteiger partial charge >= 0.3 is 11.8 Å². The van der Waals surface area contributed by atoms with Crippen LogP contribution in [0.5, 0.6) is 0 Å². The molecule has 0 atom stereocenters. The zero-order valence-corrected chi connectivity index (χ0v) is 14.6. The Morgan fingerprint density at radius 3 is 2.70 bits per heavy atom. The van der Waals surface area contributed by atoms with Crippen LogP contribution in [0.3, 0.4) is 0 Å². The predicted octanol–water partition coefficient (Wildman–Crippen LogP) is 2.18. The molecule has 0 bridgehead atoms. The number of amides is 2. The predicted molar refractivity (Wildman–Crippen MR) is 88.1 cm³/mol. The molecule has 1 aromatic heterocycles. The molecule has 2 N–H and O–H groups in total. The third-order valence-corrected chi connectivity index (χ3v) is 4.62. The molecule has 1 aromatic rings. The molecular formula is C16H21N3O3S. The zero-order valence-electron chi connectivity index (χ0n) is 13.8. The topological polar surface area (TPSA) is 91.2 Å². The normalized spacial score (nSPS) is 15.7. The van der Waals surface area contributed by atoms with E-state index in [1.807, 2.05) is 27.7 Å². The van der Waals surface area contributed by atoms with Crippen LogP contribution in [0.25, 0.3) is 0 Å². The van der Waals surface area contributed by atoms with E-state index in [0.29, 0.717) is 30.1 Å². The van der Waals surface area contributed by atoms with Crippen molar-refractivity contribution < 1.29 is 14.3 Å². The smallest absolute Gasteiger partial charge is 0.314 e. The lowest BCUT2D eigenvalue weighted by Gasteiger charge is -2.29. The third kappa shape index (κ3) is 4.09. The first kappa shape index (κ1) is 17.4. The first-order chi connectivity index (χ1) is 10.7. The summed E-state index contributed by atoms with van der Waals surface area (Å²) in [6, 6.07) is 2.14. The van der Waals surface area contributed by atoms with Gasteiger partial charge in [-0.2, -0.15) is 5.26 Å². The highest BCUT2D eigenvalue weighted by Crippen LogP contribution is 2.39. The summed E-state index contributed by atoms with van der Waals surface area (Å²) >= 11 is 1.30. The lowest BCUT2D eigenvalue weighted by molar-refractivity contribution is -0.136. The van der Waals surface area contributed by atoms with E-state index in [1.54, 1.807) is 0 Å². The summed E-state index contributed by atoms with van der Waals surface area (Å²) in [6.07, 6.45) is 0.608. The number of carbonyl (C=O) groups is 2. The van der Waals surface area contributed by atoms with E-state index in [-0.39, 0.29) is 11.5 Å². The van der Waals surface area contributed by atoms with Crippen LogP contribution < -0.4 is 10.6 Å². The molecule has 0 radical (unpaired) electrons. The van der Waals surface area contributed by atoms with Crippen molar-refractivity contribution in [2.75, 3.05) is 11.9 Å². The standard InChI is InChI=1S/C16H21N3O3S/c1-9(2)7-18-13(20)14(21)19-15-11(6-17)10-5-16(3,4)22-8-12(10)23-15/h9H,5,7-8H2,1-4H3,(H,18,20)(H,19,21). The highest BCUT2D eigenvalue weighted by molar-refractivity contribution is 7.16. The van der Waals surface area contributed by atoms with E-state index in [1.165, 1.54) is 11.3 Å². The number of nitrogens with one attached hydrogen (secondary N) is 2. The fourth-order valence-corrected chi connectivity index (χ4v) is 3.37. The van der Waals surface area contributed by atoms with Gasteiger partial charge in [-0.15, -0.1) is 11.3 Å². The molecule has 1 aliphatic rings. The molecule has 124 valence electrons. The molecule has 1 aliphatic heterocycles. The van der Waals surface area contributed by atoms with Gasteiger partial charge in [0.05, 0.1) is 17.8 Å². The van der Waals surface area contributed by atoms with Crippen molar-refractivity contribution in [3.05, 3.63) is 16.0 Å². The number of carbonyl (C=O) groups excluding carboxylic acids is 2. The number of rotatable bonds is 3. The first-order valence-corrected chi connectivity index (χ1v) is 8.33. The molecule has 6 nitrogen and oxygen atoms in total. The summed E-state index contributed by atoms with van der Waals surface area (Å²) in [5, 5.41) is 15.0. The van der Waals surface area contributed by atoms with Gasteiger partial charge in [-0.1, -0.05) is 13.8 Å². The quantitative estimate of drug-likeness (QED) is 0.828. The lowest BCUT2D eigenvalue weighted by Crippen LogP contribution is -2.37. The fourth-order valence-electron chi connectivity index (χ4n) is 2.30. The van der Waals surface area contributed by atoms with E-state index in [4.69, 9.17) is 4.74 Å². The van der Waals surface area contributed by atoms with Crippen LogP contribution in [0.2, 0.25) is 0 Å². The van der Waals surface area contributed by atoms with E-state index < -0.39 is 11.8 Å². The molecule has 23 heavy (non-hydrogen) atoms. The van der Waals surface area contributed by atoms with Crippen molar-refractivity contribution in [2.24, 2.45) is 5.92 Å². The summed E-state index contributed by atoms with van der Waals surface area (Å²) in [5.41, 5.74) is 1.01. The van der Waals surface area contributed by atoms with Crippen molar-refractivity contribution >= 4 is 28.2 Å². The van der Waals surface area contributed by atoms with Crippen molar-refractivity contribution in [2.45, 2.75) is 46.3 Å². The van der Waals surface area contributed by atoms with Crippen LogP contribution in [-0.4, -0.2) is 24.0 Å². The van der Waals surface area contributed by atoms with Crippen molar-refractivity contribution in [1.29, 1.82) is 5.26 Å². The second kappa shape index (κ2) is 6.69. The van der Waals surface area contributed by atoms with Crippen LogP contribution in [0.1, 0.15) is 43.7 Å². The number of ether oxygens (including phenoxy) is 1. The first-order valence-electron chi connectivity index (χ1n) is 7.51. The molecule has 2 amide bonds. The van der Waals surface area contributed by atoms with Crippen LogP contribution >= 0.6 is 11.3 Å². The maximum Gasteiger partial charge on any atom is 0.314 e. The summed E-state index contributed by atoms with van der Waals surface area (Å²) in [7, 11) is 0. The van der Waals surface area contributed by atoms with Crippen LogP contribution in [0, 0.1) is 17.2 Å². The molecule has 7 heteroatoms. The second-order valence-corrected chi connectivity index (χ2v) is 7.71. The maximum absolute atomic E-state index is 12.0. The summed E-state index contributed by atoms with van der Waals surface area (Å²) in [6.45, 7) is 8.66. The summed E-state index contributed by atoms with van der Waals surface area (Å²) < 4.78 is 5.73. The Kier molecular flexibility index (Phi) is 5.07. The monoisotopic (exact) mass is 335 g/mol. The molecule has 2 rings (SSSR count). The number of thiophene rings is 1. The Bertz CT molecular complexity index is 671. The molecule has 0 unspecified atom stereocenters. The number of nitrogens with zero attached hydrogens (tertiary/aromatic N) is 1. The average molecular weight is 335 g/mol. The zero-order chi connectivity index (χ0) is 17.2. The van der Waals surface area contributed by atoms with Crippen LogP contribution in [-0.2, 0) is 27.4 Å². The van der Waals surface area contributed by atoms with Gasteiger partial charge in [0.1, 0.15) is 11.1 Å². The lowest BCUT2D eigenvalue weighted by atomic mass is 9.93. The van der Waals surface area contributed by atoms with Crippen molar-refractivity contribution in [3.8, 4) is 6.07 Å². The SMILES string of the molecule is CC(C)CNC(=O)C(=O)Nc1sc2c(c1C#N)CC(C)(C)OC2. The Balaban J connectivity index is 2.15. The van der Waals surface area contributed by atoms with E-state index >= 15 is 0 Å². The molecule has 0 fully saturated rings. The average Bonchev–Trinajstić information content (AvgIpc) is 2.79. The van der Waals surface area contributed by atoms with Gasteiger partial charge in [-0.25, -0.2) is 0 Å². The maximum atomic E-state index is 12.0. The minimum Gasteiger partial charge on any atom is -0.370 e. The molecule has 0 saturated carbocycles. The van der Waals surface area contributed by atoms with Gasteiger partial charge in [-0.05, 0) is 25.3 Å². The van der Waals surface area contributed by atoms with E-state index in [0.717, 1.165) is 10.4 Å². The summed E-state index contributed by atoms with van der Waals surface area (Å²) in [4.78, 5) is 24.7. The summed E-state index contributed by atoms with van der Waals surface area (Å²) in [5.74, 6) is -1.18. The van der Waals surface area contributed by atoms with Crippen molar-refractivity contribution in [1.82, 2.24) is 5.32 Å². The van der Waals surface area contributed by atoms with Crippen LogP contribution in [0.15, 0.2) is 0 Å². The third-order valence-electron chi connectivity index (χ3n) is 3.50. The van der Waals surface area contributed by atoms with Gasteiger partial charge in [-0.3, -0.25) is 9.59 Å². The largest absolute Gasteiger partial charge is 0.370 e. The number of fused-ring (bicyclic) bond motifs is 1. The highest BCUT2D eigenvalue weighted by atomic mass is 32.1. The minimum absolute atomic E-state index is 0.259. The number of hydrogen-bond acceptors (Lipinski definition) is 5. The number of nitriles is 1. The number of anilines is 1. The molecule has 2 heterocycles. The van der Waals surface area contributed by atoms with E-state index in [9.17, 15) is 14.9 Å². The van der Waals surface area contributed by atoms with Crippen LogP contribution in [0.4, 0.5) is 5.00 Å². The van der Waals surface area contributed by atoms with Gasteiger partial charge in [0, 0.05) is 17.8 Å².